The van der Waals surface area contributed by atoms with Crippen molar-refractivity contribution in [3.05, 3.63) is 83.9 Å². The lowest BCUT2D eigenvalue weighted by Crippen LogP contribution is -2.37. The molecule has 4 rings (SSSR count). The minimum absolute atomic E-state index is 0.564. The molecule has 0 saturated heterocycles. The lowest BCUT2D eigenvalue weighted by molar-refractivity contribution is 0.297. The van der Waals surface area contributed by atoms with E-state index in [4.69, 9.17) is 9.73 Å². The Hall–Kier alpha value is -3.28. The summed E-state index contributed by atoms with van der Waals surface area (Å²) in [7, 11) is 0. The zero-order valence-electron chi connectivity index (χ0n) is 18.1. The van der Waals surface area contributed by atoms with Gasteiger partial charge in [0.1, 0.15) is 11.6 Å². The van der Waals surface area contributed by atoms with E-state index in [9.17, 15) is 0 Å². The maximum absolute atomic E-state index is 6.02. The van der Waals surface area contributed by atoms with Gasteiger partial charge < -0.3 is 19.9 Å². The van der Waals surface area contributed by atoms with Gasteiger partial charge in [0, 0.05) is 31.0 Å². The van der Waals surface area contributed by atoms with Gasteiger partial charge in [-0.25, -0.2) is 9.98 Å². The summed E-state index contributed by atoms with van der Waals surface area (Å²) in [5, 5.41) is 6.74. The summed E-state index contributed by atoms with van der Waals surface area (Å²) in [5.41, 5.74) is 2.36. The SMILES string of the molecule is CCNC(=NCc1ccccc1OCC1CC1)NCc1nccn1Cc1ccccc1. The molecule has 0 radical (unpaired) electrons. The summed E-state index contributed by atoms with van der Waals surface area (Å²) in [4.78, 5) is 9.30. The molecule has 0 bridgehead atoms. The molecule has 162 valence electrons. The monoisotopic (exact) mass is 417 g/mol. The molecule has 6 nitrogen and oxygen atoms in total. The molecule has 1 aromatic heterocycles. The van der Waals surface area contributed by atoms with Crippen LogP contribution in [0.4, 0.5) is 0 Å². The molecule has 2 aromatic carbocycles. The molecule has 0 atom stereocenters. The fourth-order valence-electron chi connectivity index (χ4n) is 3.37. The number of imidazole rings is 1. The molecule has 0 spiro atoms. The van der Waals surface area contributed by atoms with Gasteiger partial charge in [0.05, 0.1) is 19.7 Å². The van der Waals surface area contributed by atoms with Crippen molar-refractivity contribution in [3.63, 3.8) is 0 Å². The Morgan fingerprint density at radius 2 is 1.90 bits per heavy atom. The second-order valence-electron chi connectivity index (χ2n) is 7.87. The van der Waals surface area contributed by atoms with Crippen LogP contribution in [0.5, 0.6) is 5.75 Å². The Labute approximate surface area is 184 Å². The molecule has 1 heterocycles. The molecule has 1 aliphatic rings. The van der Waals surface area contributed by atoms with Gasteiger partial charge in [0.2, 0.25) is 0 Å². The van der Waals surface area contributed by atoms with Crippen LogP contribution in [-0.2, 0) is 19.6 Å². The molecule has 2 N–H and O–H groups in total. The Morgan fingerprint density at radius 3 is 2.71 bits per heavy atom. The van der Waals surface area contributed by atoms with Crippen LogP contribution in [0.25, 0.3) is 0 Å². The minimum atomic E-state index is 0.564. The van der Waals surface area contributed by atoms with Gasteiger partial charge in [-0.1, -0.05) is 48.5 Å². The largest absolute Gasteiger partial charge is 0.493 e. The first-order valence-electron chi connectivity index (χ1n) is 11.1. The summed E-state index contributed by atoms with van der Waals surface area (Å²) >= 11 is 0. The average molecular weight is 418 g/mol. The van der Waals surface area contributed by atoms with Gasteiger partial charge in [-0.3, -0.25) is 0 Å². The normalized spacial score (nSPS) is 13.8. The molecule has 0 amide bonds. The lowest BCUT2D eigenvalue weighted by atomic mass is 10.2. The topological polar surface area (TPSA) is 63.5 Å². The Bertz CT molecular complexity index is 978. The molecule has 0 unspecified atom stereocenters. The van der Waals surface area contributed by atoms with E-state index in [0.29, 0.717) is 13.1 Å². The predicted molar refractivity (Wildman–Crippen MR) is 124 cm³/mol. The van der Waals surface area contributed by atoms with Crippen molar-refractivity contribution in [2.45, 2.75) is 39.4 Å². The number of hydrogen-bond donors (Lipinski definition) is 2. The van der Waals surface area contributed by atoms with E-state index < -0.39 is 0 Å². The van der Waals surface area contributed by atoms with Gasteiger partial charge in [0.15, 0.2) is 5.96 Å². The first-order chi connectivity index (χ1) is 15.3. The van der Waals surface area contributed by atoms with Crippen LogP contribution < -0.4 is 15.4 Å². The second-order valence-corrected chi connectivity index (χ2v) is 7.87. The minimum Gasteiger partial charge on any atom is -0.493 e. The van der Waals surface area contributed by atoms with Crippen molar-refractivity contribution >= 4 is 5.96 Å². The van der Waals surface area contributed by atoms with Crippen molar-refractivity contribution < 1.29 is 4.74 Å². The molecule has 31 heavy (non-hydrogen) atoms. The van der Waals surface area contributed by atoms with Crippen molar-refractivity contribution in [1.29, 1.82) is 0 Å². The van der Waals surface area contributed by atoms with E-state index in [1.54, 1.807) is 0 Å². The molecule has 1 saturated carbocycles. The Balaban J connectivity index is 1.37. The number of ether oxygens (including phenoxy) is 1. The molecular formula is C25H31N5O. The van der Waals surface area contributed by atoms with Crippen LogP contribution in [0.2, 0.25) is 0 Å². The van der Waals surface area contributed by atoms with Crippen LogP contribution in [-0.4, -0.2) is 28.7 Å². The van der Waals surface area contributed by atoms with Crippen LogP contribution in [0.1, 0.15) is 36.7 Å². The Morgan fingerprint density at radius 1 is 1.10 bits per heavy atom. The summed E-state index contributed by atoms with van der Waals surface area (Å²) < 4.78 is 8.18. The number of guanidine groups is 1. The number of hydrogen-bond acceptors (Lipinski definition) is 3. The van der Waals surface area contributed by atoms with Crippen LogP contribution >= 0.6 is 0 Å². The van der Waals surface area contributed by atoms with E-state index >= 15 is 0 Å². The maximum atomic E-state index is 6.02. The molecule has 1 aliphatic carbocycles. The maximum Gasteiger partial charge on any atom is 0.191 e. The standard InChI is InChI=1S/C25H31N5O/c1-2-26-25(28-16-22-10-6-7-11-23(22)31-19-21-12-13-21)29-17-24-27-14-15-30(24)18-20-8-4-3-5-9-20/h3-11,14-15,21H,2,12-13,16-19H2,1H3,(H2,26,28,29). The fraction of sp³-hybridized carbons (Fsp3) is 0.360. The van der Waals surface area contributed by atoms with Gasteiger partial charge in [-0.2, -0.15) is 0 Å². The number of nitrogens with one attached hydrogen (secondary N) is 2. The zero-order chi connectivity index (χ0) is 21.3. The van der Waals surface area contributed by atoms with Gasteiger partial charge in [0.25, 0.3) is 0 Å². The Kier molecular flexibility index (Phi) is 7.21. The van der Waals surface area contributed by atoms with E-state index in [-0.39, 0.29) is 0 Å². The van der Waals surface area contributed by atoms with Crippen LogP contribution in [0.3, 0.4) is 0 Å². The third-order valence-electron chi connectivity index (χ3n) is 5.31. The van der Waals surface area contributed by atoms with Gasteiger partial charge >= 0.3 is 0 Å². The molecule has 0 aliphatic heterocycles. The third kappa shape index (κ3) is 6.35. The van der Waals surface area contributed by atoms with E-state index in [1.807, 2.05) is 36.7 Å². The second kappa shape index (κ2) is 10.7. The molecule has 1 fully saturated rings. The highest BCUT2D eigenvalue weighted by molar-refractivity contribution is 5.79. The quantitative estimate of drug-likeness (QED) is 0.387. The van der Waals surface area contributed by atoms with Crippen molar-refractivity contribution in [1.82, 2.24) is 20.2 Å². The highest BCUT2D eigenvalue weighted by atomic mass is 16.5. The number of benzene rings is 2. The summed E-state index contributed by atoms with van der Waals surface area (Å²) in [6.07, 6.45) is 6.43. The van der Waals surface area contributed by atoms with Crippen LogP contribution in [0.15, 0.2) is 72.0 Å². The molecule has 6 heteroatoms. The third-order valence-corrected chi connectivity index (χ3v) is 5.31. The van der Waals surface area contributed by atoms with Gasteiger partial charge in [-0.05, 0) is 37.3 Å². The first kappa shape index (κ1) is 21.0. The van der Waals surface area contributed by atoms with E-state index in [2.05, 4.69) is 57.4 Å². The predicted octanol–water partition coefficient (Wildman–Crippen LogP) is 3.98. The van der Waals surface area contributed by atoms with E-state index in [0.717, 1.165) is 48.7 Å². The highest BCUT2D eigenvalue weighted by Gasteiger charge is 2.22. The summed E-state index contributed by atoms with van der Waals surface area (Å²) in [6.45, 7) is 5.64. The number of para-hydroxylation sites is 1. The van der Waals surface area contributed by atoms with Crippen molar-refractivity contribution in [2.75, 3.05) is 13.2 Å². The fourth-order valence-corrected chi connectivity index (χ4v) is 3.37. The number of nitrogens with zero attached hydrogens (tertiary/aromatic N) is 3. The van der Waals surface area contributed by atoms with Gasteiger partial charge in [-0.15, -0.1) is 0 Å². The smallest absolute Gasteiger partial charge is 0.191 e. The number of aliphatic imine (C=N–C) groups is 1. The summed E-state index contributed by atoms with van der Waals surface area (Å²) in [6, 6.07) is 18.6. The molecular weight excluding hydrogens is 386 g/mol. The number of rotatable bonds is 10. The van der Waals surface area contributed by atoms with Crippen molar-refractivity contribution in [2.24, 2.45) is 10.9 Å². The van der Waals surface area contributed by atoms with Crippen LogP contribution in [0, 0.1) is 5.92 Å². The highest BCUT2D eigenvalue weighted by Crippen LogP contribution is 2.30. The zero-order valence-corrected chi connectivity index (χ0v) is 18.1. The lowest BCUT2D eigenvalue weighted by Gasteiger charge is -2.14. The first-order valence-corrected chi connectivity index (χ1v) is 11.1. The number of aromatic nitrogens is 2. The average Bonchev–Trinajstić information content (AvgIpc) is 3.54. The molecule has 3 aromatic rings. The summed E-state index contributed by atoms with van der Waals surface area (Å²) in [5.74, 6) is 3.42. The van der Waals surface area contributed by atoms with E-state index in [1.165, 1.54) is 18.4 Å². The van der Waals surface area contributed by atoms with Crippen molar-refractivity contribution in [3.8, 4) is 5.75 Å².